The highest BCUT2D eigenvalue weighted by atomic mass is 16.5. The monoisotopic (exact) mass is 186 g/mol. The molecule has 0 spiro atoms. The van der Waals surface area contributed by atoms with E-state index in [0.717, 1.165) is 19.5 Å². The van der Waals surface area contributed by atoms with Crippen molar-refractivity contribution in [2.24, 2.45) is 5.73 Å². The van der Waals surface area contributed by atoms with Gasteiger partial charge < -0.3 is 10.5 Å². The maximum Gasteiger partial charge on any atom is 0.0634 e. The summed E-state index contributed by atoms with van der Waals surface area (Å²) in [5.41, 5.74) is 5.63. The van der Waals surface area contributed by atoms with Gasteiger partial charge in [0, 0.05) is 32.8 Å². The van der Waals surface area contributed by atoms with Crippen molar-refractivity contribution < 1.29 is 4.74 Å². The molecule has 0 aliphatic carbocycles. The molecule has 0 aromatic rings. The number of hydrogen-bond donors (Lipinski definition) is 1. The third-order valence-electron chi connectivity index (χ3n) is 3.09. The van der Waals surface area contributed by atoms with Crippen molar-refractivity contribution >= 4 is 0 Å². The largest absolute Gasteiger partial charge is 0.379 e. The first-order chi connectivity index (χ1) is 6.09. The Labute approximate surface area is 81.2 Å². The summed E-state index contributed by atoms with van der Waals surface area (Å²) in [6.45, 7) is 7.38. The second-order valence-corrected chi connectivity index (χ2v) is 4.43. The second kappa shape index (κ2) is 4.40. The molecule has 13 heavy (non-hydrogen) atoms. The van der Waals surface area contributed by atoms with Crippen LogP contribution >= 0.6 is 0 Å². The van der Waals surface area contributed by atoms with Crippen molar-refractivity contribution in [3.8, 4) is 0 Å². The van der Waals surface area contributed by atoms with Crippen molar-refractivity contribution in [3.63, 3.8) is 0 Å². The van der Waals surface area contributed by atoms with Gasteiger partial charge in [0.1, 0.15) is 0 Å². The maximum absolute atomic E-state index is 5.62. The molecule has 0 saturated carbocycles. The molecule has 1 unspecified atom stereocenters. The van der Waals surface area contributed by atoms with Gasteiger partial charge in [0.15, 0.2) is 0 Å². The highest BCUT2D eigenvalue weighted by Crippen LogP contribution is 2.20. The molecule has 0 aromatic carbocycles. The average Bonchev–Trinajstić information content (AvgIpc) is 2.03. The zero-order chi connectivity index (χ0) is 9.90. The summed E-state index contributed by atoms with van der Waals surface area (Å²) in [6, 6.07) is 0.632. The van der Waals surface area contributed by atoms with E-state index in [1.807, 2.05) is 0 Å². The lowest BCUT2D eigenvalue weighted by Gasteiger charge is -2.41. The van der Waals surface area contributed by atoms with Crippen LogP contribution in [0, 0.1) is 0 Å². The van der Waals surface area contributed by atoms with Crippen LogP contribution in [-0.2, 0) is 4.74 Å². The summed E-state index contributed by atoms with van der Waals surface area (Å²) in [4.78, 5) is 2.45. The standard InChI is InChI=1S/C10H22N2O/c1-10(2,13-3)5-7-12-6-4-9(12)8-11/h9H,4-8,11H2,1-3H3. The highest BCUT2D eigenvalue weighted by molar-refractivity contribution is 4.84. The SMILES string of the molecule is COC(C)(C)CCN1CCC1CN. The van der Waals surface area contributed by atoms with Crippen molar-refractivity contribution in [2.45, 2.75) is 38.3 Å². The first kappa shape index (κ1) is 11.0. The molecular weight excluding hydrogens is 164 g/mol. The molecule has 1 saturated heterocycles. The summed E-state index contributed by atoms with van der Waals surface area (Å²) >= 11 is 0. The lowest BCUT2D eigenvalue weighted by Crippen LogP contribution is -2.52. The molecule has 1 fully saturated rings. The zero-order valence-corrected chi connectivity index (χ0v) is 9.05. The molecule has 1 aliphatic heterocycles. The Morgan fingerprint density at radius 2 is 2.23 bits per heavy atom. The van der Waals surface area contributed by atoms with Crippen LogP contribution in [-0.4, -0.2) is 43.3 Å². The van der Waals surface area contributed by atoms with Gasteiger partial charge in [0.05, 0.1) is 5.60 Å². The van der Waals surface area contributed by atoms with Gasteiger partial charge in [-0.15, -0.1) is 0 Å². The van der Waals surface area contributed by atoms with Crippen LogP contribution in [0.25, 0.3) is 0 Å². The van der Waals surface area contributed by atoms with Crippen LogP contribution in [0.1, 0.15) is 26.7 Å². The lowest BCUT2D eigenvalue weighted by atomic mass is 9.99. The van der Waals surface area contributed by atoms with Crippen LogP contribution in [0.4, 0.5) is 0 Å². The molecule has 0 bridgehead atoms. The topological polar surface area (TPSA) is 38.5 Å². The first-order valence-corrected chi connectivity index (χ1v) is 5.08. The van der Waals surface area contributed by atoms with E-state index in [2.05, 4.69) is 18.7 Å². The molecule has 0 amide bonds. The Kier molecular flexibility index (Phi) is 3.71. The normalized spacial score (nSPS) is 24.5. The Morgan fingerprint density at radius 3 is 2.62 bits per heavy atom. The number of nitrogens with zero attached hydrogens (tertiary/aromatic N) is 1. The van der Waals surface area contributed by atoms with Crippen LogP contribution < -0.4 is 5.73 Å². The van der Waals surface area contributed by atoms with E-state index in [9.17, 15) is 0 Å². The second-order valence-electron chi connectivity index (χ2n) is 4.43. The Hall–Kier alpha value is -0.120. The van der Waals surface area contributed by atoms with Crippen LogP contribution in [0.5, 0.6) is 0 Å². The maximum atomic E-state index is 5.62. The minimum absolute atomic E-state index is 0.00867. The smallest absolute Gasteiger partial charge is 0.0634 e. The summed E-state index contributed by atoms with van der Waals surface area (Å²) in [6.07, 6.45) is 2.35. The van der Waals surface area contributed by atoms with Gasteiger partial charge in [0.25, 0.3) is 0 Å². The first-order valence-electron chi connectivity index (χ1n) is 5.08. The molecule has 1 atom stereocenters. The number of ether oxygens (including phenoxy) is 1. The predicted molar refractivity (Wildman–Crippen MR) is 54.7 cm³/mol. The van der Waals surface area contributed by atoms with Gasteiger partial charge in [-0.25, -0.2) is 0 Å². The van der Waals surface area contributed by atoms with Crippen LogP contribution in [0.3, 0.4) is 0 Å². The molecule has 3 nitrogen and oxygen atoms in total. The molecule has 78 valence electrons. The number of rotatable bonds is 5. The van der Waals surface area contributed by atoms with Crippen LogP contribution in [0.2, 0.25) is 0 Å². The predicted octanol–water partition coefficient (Wildman–Crippen LogP) is 0.835. The molecule has 1 aliphatic rings. The van der Waals surface area contributed by atoms with E-state index in [1.54, 1.807) is 7.11 Å². The fourth-order valence-electron chi connectivity index (χ4n) is 1.57. The van der Waals surface area contributed by atoms with Gasteiger partial charge in [-0.3, -0.25) is 4.90 Å². The van der Waals surface area contributed by atoms with Crippen molar-refractivity contribution in [1.29, 1.82) is 0 Å². The fraction of sp³-hybridized carbons (Fsp3) is 1.00. The minimum Gasteiger partial charge on any atom is -0.379 e. The average molecular weight is 186 g/mol. The molecule has 0 aromatic heterocycles. The number of hydrogen-bond acceptors (Lipinski definition) is 3. The van der Waals surface area contributed by atoms with E-state index < -0.39 is 0 Å². The van der Waals surface area contributed by atoms with E-state index in [0.29, 0.717) is 6.04 Å². The number of likely N-dealkylation sites (tertiary alicyclic amines) is 1. The summed E-state index contributed by atoms with van der Waals surface area (Å²) in [5.74, 6) is 0. The Balaban J connectivity index is 2.19. The highest BCUT2D eigenvalue weighted by Gasteiger charge is 2.28. The molecule has 0 radical (unpaired) electrons. The summed E-state index contributed by atoms with van der Waals surface area (Å²) in [5, 5.41) is 0. The number of nitrogens with two attached hydrogens (primary N) is 1. The lowest BCUT2D eigenvalue weighted by molar-refractivity contribution is -0.00691. The number of methoxy groups -OCH3 is 1. The molecular formula is C10H22N2O. The third kappa shape index (κ3) is 2.93. The zero-order valence-electron chi connectivity index (χ0n) is 9.05. The van der Waals surface area contributed by atoms with Gasteiger partial charge in [0.2, 0.25) is 0 Å². The van der Waals surface area contributed by atoms with Crippen molar-refractivity contribution in [2.75, 3.05) is 26.7 Å². The third-order valence-corrected chi connectivity index (χ3v) is 3.09. The van der Waals surface area contributed by atoms with E-state index in [-0.39, 0.29) is 5.60 Å². The van der Waals surface area contributed by atoms with Gasteiger partial charge >= 0.3 is 0 Å². The van der Waals surface area contributed by atoms with Crippen LogP contribution in [0.15, 0.2) is 0 Å². The van der Waals surface area contributed by atoms with Crippen molar-refractivity contribution in [1.82, 2.24) is 4.90 Å². The van der Waals surface area contributed by atoms with E-state index in [4.69, 9.17) is 10.5 Å². The summed E-state index contributed by atoms with van der Waals surface area (Å²) < 4.78 is 5.37. The Bertz CT molecular complexity index is 157. The molecule has 2 N–H and O–H groups in total. The molecule has 1 rings (SSSR count). The minimum atomic E-state index is 0.00867. The Morgan fingerprint density at radius 1 is 1.54 bits per heavy atom. The van der Waals surface area contributed by atoms with Crippen molar-refractivity contribution in [3.05, 3.63) is 0 Å². The van der Waals surface area contributed by atoms with Gasteiger partial charge in [-0.05, 0) is 26.7 Å². The molecule has 1 heterocycles. The fourth-order valence-corrected chi connectivity index (χ4v) is 1.57. The summed E-state index contributed by atoms with van der Waals surface area (Å²) in [7, 11) is 1.77. The van der Waals surface area contributed by atoms with E-state index >= 15 is 0 Å². The van der Waals surface area contributed by atoms with Gasteiger partial charge in [-0.2, -0.15) is 0 Å². The molecule has 3 heteroatoms. The quantitative estimate of drug-likeness (QED) is 0.691. The van der Waals surface area contributed by atoms with E-state index in [1.165, 1.54) is 13.0 Å². The van der Waals surface area contributed by atoms with Gasteiger partial charge in [-0.1, -0.05) is 0 Å².